The summed E-state index contributed by atoms with van der Waals surface area (Å²) in [7, 11) is 0. The van der Waals surface area contributed by atoms with Crippen LogP contribution in [0.25, 0.3) is 0 Å². The Balaban J connectivity index is 3.40. The summed E-state index contributed by atoms with van der Waals surface area (Å²) in [6, 6.07) is 0. The van der Waals surface area contributed by atoms with Crippen LogP contribution in [0.5, 0.6) is 0 Å². The first-order valence-electron chi connectivity index (χ1n) is 5.38. The molecule has 0 aliphatic carbocycles. The van der Waals surface area contributed by atoms with E-state index in [2.05, 4.69) is 17.2 Å². The third-order valence-corrected chi connectivity index (χ3v) is 1.69. The summed E-state index contributed by atoms with van der Waals surface area (Å²) in [6.45, 7) is 9.49. The number of hydrogen-bond donors (Lipinski definition) is 2. The van der Waals surface area contributed by atoms with Gasteiger partial charge < -0.3 is 15.2 Å². The van der Waals surface area contributed by atoms with E-state index in [4.69, 9.17) is 4.74 Å². The van der Waals surface area contributed by atoms with Crippen molar-refractivity contribution in [3.05, 3.63) is 0 Å². The molecular weight excluding hydrogens is 190 g/mol. The molecule has 0 aromatic heterocycles. The first-order chi connectivity index (χ1) is 6.95. The van der Waals surface area contributed by atoms with E-state index in [0.29, 0.717) is 13.2 Å². The van der Waals surface area contributed by atoms with E-state index < -0.39 is 6.10 Å². The molecule has 0 amide bonds. The summed E-state index contributed by atoms with van der Waals surface area (Å²) < 4.78 is 5.45. The standard InChI is InChI=1S/C12H23NO2/c1-5-6-7-8-13-9-11(14)10-15-12(2,3)4/h11,13-14H,7-10H2,1-4H3. The lowest BCUT2D eigenvalue weighted by molar-refractivity contribution is -0.0477. The van der Waals surface area contributed by atoms with Gasteiger partial charge in [-0.2, -0.15) is 0 Å². The molecule has 0 saturated carbocycles. The summed E-state index contributed by atoms with van der Waals surface area (Å²) in [5.74, 6) is 5.78. The molecule has 0 bridgehead atoms. The third kappa shape index (κ3) is 11.4. The second-order valence-electron chi connectivity index (χ2n) is 4.46. The van der Waals surface area contributed by atoms with Crippen LogP contribution in [0, 0.1) is 11.8 Å². The van der Waals surface area contributed by atoms with Crippen molar-refractivity contribution in [3.8, 4) is 11.8 Å². The van der Waals surface area contributed by atoms with Gasteiger partial charge in [0, 0.05) is 19.5 Å². The highest BCUT2D eigenvalue weighted by Crippen LogP contribution is 2.06. The molecule has 1 unspecified atom stereocenters. The highest BCUT2D eigenvalue weighted by Gasteiger charge is 2.12. The highest BCUT2D eigenvalue weighted by molar-refractivity contribution is 4.95. The molecule has 1 atom stereocenters. The number of ether oxygens (including phenoxy) is 1. The SMILES string of the molecule is CC#CCCNCC(O)COC(C)(C)C. The maximum Gasteiger partial charge on any atom is 0.0897 e. The molecule has 0 rings (SSSR count). The molecule has 0 aliphatic rings. The van der Waals surface area contributed by atoms with Crippen molar-refractivity contribution in [3.63, 3.8) is 0 Å². The Kier molecular flexibility index (Phi) is 7.41. The van der Waals surface area contributed by atoms with E-state index in [1.807, 2.05) is 27.7 Å². The number of nitrogens with one attached hydrogen (secondary N) is 1. The van der Waals surface area contributed by atoms with Gasteiger partial charge >= 0.3 is 0 Å². The molecular formula is C12H23NO2. The number of hydrogen-bond acceptors (Lipinski definition) is 3. The lowest BCUT2D eigenvalue weighted by Gasteiger charge is -2.22. The maximum absolute atomic E-state index is 9.55. The largest absolute Gasteiger partial charge is 0.389 e. The van der Waals surface area contributed by atoms with Gasteiger partial charge in [-0.1, -0.05) is 0 Å². The van der Waals surface area contributed by atoms with Crippen LogP contribution in [-0.2, 0) is 4.74 Å². The Labute approximate surface area is 93.2 Å². The zero-order chi connectivity index (χ0) is 11.7. The molecule has 0 aromatic carbocycles. The van der Waals surface area contributed by atoms with Crippen LogP contribution in [0.4, 0.5) is 0 Å². The fraction of sp³-hybridized carbons (Fsp3) is 0.833. The molecule has 88 valence electrons. The molecule has 3 heteroatoms. The minimum atomic E-state index is -0.446. The minimum Gasteiger partial charge on any atom is -0.389 e. The van der Waals surface area contributed by atoms with E-state index in [1.54, 1.807) is 0 Å². The Hall–Kier alpha value is -0.560. The second-order valence-corrected chi connectivity index (χ2v) is 4.46. The molecule has 0 heterocycles. The fourth-order valence-corrected chi connectivity index (χ4v) is 0.950. The summed E-state index contributed by atoms with van der Waals surface area (Å²) in [6.07, 6.45) is 0.377. The molecule has 0 aromatic rings. The molecule has 0 fully saturated rings. The monoisotopic (exact) mass is 213 g/mol. The fourth-order valence-electron chi connectivity index (χ4n) is 0.950. The van der Waals surface area contributed by atoms with E-state index in [0.717, 1.165) is 13.0 Å². The summed E-state index contributed by atoms with van der Waals surface area (Å²) in [5.41, 5.74) is -0.186. The van der Waals surface area contributed by atoms with Crippen LogP contribution >= 0.6 is 0 Å². The number of rotatable bonds is 6. The Morgan fingerprint density at radius 2 is 2.07 bits per heavy atom. The lowest BCUT2D eigenvalue weighted by atomic mass is 10.2. The van der Waals surface area contributed by atoms with Crippen molar-refractivity contribution < 1.29 is 9.84 Å². The van der Waals surface area contributed by atoms with Crippen molar-refractivity contribution in [1.29, 1.82) is 0 Å². The van der Waals surface area contributed by atoms with E-state index >= 15 is 0 Å². The van der Waals surface area contributed by atoms with Gasteiger partial charge in [0.25, 0.3) is 0 Å². The zero-order valence-electron chi connectivity index (χ0n) is 10.3. The van der Waals surface area contributed by atoms with Gasteiger partial charge in [0.2, 0.25) is 0 Å². The summed E-state index contributed by atoms with van der Waals surface area (Å²) in [4.78, 5) is 0. The van der Waals surface area contributed by atoms with Crippen LogP contribution in [-0.4, -0.2) is 36.5 Å². The van der Waals surface area contributed by atoms with Crippen molar-refractivity contribution >= 4 is 0 Å². The summed E-state index contributed by atoms with van der Waals surface area (Å²) >= 11 is 0. The molecule has 15 heavy (non-hydrogen) atoms. The molecule has 0 spiro atoms. The first-order valence-corrected chi connectivity index (χ1v) is 5.38. The molecule has 0 radical (unpaired) electrons. The predicted molar refractivity (Wildman–Crippen MR) is 62.6 cm³/mol. The van der Waals surface area contributed by atoms with E-state index in [1.165, 1.54) is 0 Å². The van der Waals surface area contributed by atoms with Gasteiger partial charge in [-0.15, -0.1) is 11.8 Å². The topological polar surface area (TPSA) is 41.5 Å². The molecule has 0 saturated heterocycles. The van der Waals surface area contributed by atoms with E-state index in [9.17, 15) is 5.11 Å². The molecule has 3 nitrogen and oxygen atoms in total. The van der Waals surface area contributed by atoms with Crippen LogP contribution in [0.1, 0.15) is 34.1 Å². The minimum absolute atomic E-state index is 0.186. The average Bonchev–Trinajstić information content (AvgIpc) is 2.13. The van der Waals surface area contributed by atoms with Crippen LogP contribution in [0.2, 0.25) is 0 Å². The smallest absolute Gasteiger partial charge is 0.0897 e. The van der Waals surface area contributed by atoms with Crippen molar-refractivity contribution in [1.82, 2.24) is 5.32 Å². The quantitative estimate of drug-likeness (QED) is 0.514. The molecule has 0 aliphatic heterocycles. The second kappa shape index (κ2) is 7.70. The van der Waals surface area contributed by atoms with Gasteiger partial charge in [0.05, 0.1) is 18.3 Å². The third-order valence-electron chi connectivity index (χ3n) is 1.69. The van der Waals surface area contributed by atoms with Gasteiger partial charge in [-0.05, 0) is 27.7 Å². The van der Waals surface area contributed by atoms with Gasteiger partial charge in [-0.3, -0.25) is 0 Å². The maximum atomic E-state index is 9.55. The lowest BCUT2D eigenvalue weighted by Crippen LogP contribution is -2.34. The van der Waals surface area contributed by atoms with Crippen LogP contribution in [0.3, 0.4) is 0 Å². The number of aliphatic hydroxyl groups is 1. The van der Waals surface area contributed by atoms with E-state index in [-0.39, 0.29) is 5.60 Å². The highest BCUT2D eigenvalue weighted by atomic mass is 16.5. The number of aliphatic hydroxyl groups excluding tert-OH is 1. The average molecular weight is 213 g/mol. The van der Waals surface area contributed by atoms with Gasteiger partial charge in [0.1, 0.15) is 0 Å². The zero-order valence-corrected chi connectivity index (χ0v) is 10.3. The van der Waals surface area contributed by atoms with Gasteiger partial charge in [0.15, 0.2) is 0 Å². The summed E-state index contributed by atoms with van der Waals surface area (Å²) in [5, 5.41) is 12.7. The first kappa shape index (κ1) is 14.4. The predicted octanol–water partition coefficient (Wildman–Crippen LogP) is 1.17. The Bertz CT molecular complexity index is 210. The Morgan fingerprint density at radius 3 is 2.60 bits per heavy atom. The van der Waals surface area contributed by atoms with Gasteiger partial charge in [-0.25, -0.2) is 0 Å². The van der Waals surface area contributed by atoms with Crippen LogP contribution < -0.4 is 5.32 Å². The van der Waals surface area contributed by atoms with Crippen molar-refractivity contribution in [2.75, 3.05) is 19.7 Å². The Morgan fingerprint density at radius 1 is 1.40 bits per heavy atom. The van der Waals surface area contributed by atoms with Crippen molar-refractivity contribution in [2.45, 2.75) is 45.8 Å². The van der Waals surface area contributed by atoms with Crippen LogP contribution in [0.15, 0.2) is 0 Å². The molecule has 2 N–H and O–H groups in total. The van der Waals surface area contributed by atoms with Crippen molar-refractivity contribution in [2.24, 2.45) is 0 Å². The normalized spacial score (nSPS) is 13.1.